The molecule has 5 nitrogen and oxygen atoms in total. The minimum absolute atomic E-state index is 0.583. The van der Waals surface area contributed by atoms with Gasteiger partial charge in [0.15, 0.2) is 5.83 Å². The van der Waals surface area contributed by atoms with Crippen LogP contribution in [0.5, 0.6) is 0 Å². The molecule has 146 valence electrons. The topological polar surface area (TPSA) is 78.4 Å². The summed E-state index contributed by atoms with van der Waals surface area (Å²) in [7, 11) is 0. The molecule has 1 aliphatic rings. The predicted octanol–water partition coefficient (Wildman–Crippen LogP) is 3.84. The molecule has 0 unspecified atom stereocenters. The highest BCUT2D eigenvalue weighted by Crippen LogP contribution is 2.32. The Bertz CT molecular complexity index is 982. The Morgan fingerprint density at radius 2 is 1.96 bits per heavy atom. The van der Waals surface area contributed by atoms with Crippen molar-refractivity contribution in [2.75, 3.05) is 11.9 Å². The molecule has 1 heterocycles. The summed E-state index contributed by atoms with van der Waals surface area (Å²) in [5, 5.41) is 14.3. The summed E-state index contributed by atoms with van der Waals surface area (Å²) in [5.41, 5.74) is 7.00. The average Bonchev–Trinajstić information content (AvgIpc) is 3.11. The van der Waals surface area contributed by atoms with Gasteiger partial charge in [-0.1, -0.05) is 18.2 Å². The molecule has 2 aromatic carbocycles. The van der Waals surface area contributed by atoms with Gasteiger partial charge in [-0.05, 0) is 78.8 Å². The van der Waals surface area contributed by atoms with Crippen molar-refractivity contribution in [1.82, 2.24) is 5.32 Å². The first-order valence-corrected chi connectivity index (χ1v) is 9.15. The molecule has 1 aliphatic heterocycles. The number of carboxylic acids is 1. The molecular weight excluding hydrogens is 359 g/mol. The number of nitrogens with one attached hydrogen (secondary N) is 2. The van der Waals surface area contributed by atoms with Crippen molar-refractivity contribution in [3.8, 4) is 11.1 Å². The van der Waals surface area contributed by atoms with Crippen molar-refractivity contribution in [1.29, 1.82) is 0 Å². The van der Waals surface area contributed by atoms with Crippen LogP contribution in [0.15, 0.2) is 36.2 Å². The van der Waals surface area contributed by atoms with E-state index in [-0.39, 0.29) is 0 Å². The Morgan fingerprint density at radius 1 is 1.21 bits per heavy atom. The molecule has 6 heteroatoms. The van der Waals surface area contributed by atoms with Gasteiger partial charge in [-0.25, -0.2) is 4.39 Å². The van der Waals surface area contributed by atoms with E-state index in [1.165, 1.54) is 18.2 Å². The smallest absolute Gasteiger partial charge is 0.325 e. The second kappa shape index (κ2) is 7.84. The summed E-state index contributed by atoms with van der Waals surface area (Å²) in [5.74, 6) is -3.28. The van der Waals surface area contributed by atoms with E-state index in [0.717, 1.165) is 41.3 Å². The van der Waals surface area contributed by atoms with Crippen LogP contribution in [0.1, 0.15) is 29.2 Å². The van der Waals surface area contributed by atoms with E-state index in [0.29, 0.717) is 5.56 Å². The molecule has 0 bridgehead atoms. The lowest BCUT2D eigenvalue weighted by Gasteiger charge is -2.12. The third kappa shape index (κ3) is 4.06. The predicted molar refractivity (Wildman–Crippen MR) is 108 cm³/mol. The Kier molecular flexibility index (Phi) is 5.49. The first-order chi connectivity index (χ1) is 13.3. The van der Waals surface area contributed by atoms with Gasteiger partial charge in [0.25, 0.3) is 5.91 Å². The van der Waals surface area contributed by atoms with Crippen LogP contribution in [0.25, 0.3) is 17.2 Å². The van der Waals surface area contributed by atoms with Crippen LogP contribution in [0, 0.1) is 13.8 Å². The van der Waals surface area contributed by atoms with Gasteiger partial charge in [-0.2, -0.15) is 0 Å². The third-order valence-electron chi connectivity index (χ3n) is 4.96. The Hall–Kier alpha value is -3.15. The average molecular weight is 382 g/mol. The Balaban J connectivity index is 1.87. The van der Waals surface area contributed by atoms with E-state index in [1.807, 2.05) is 26.0 Å². The van der Waals surface area contributed by atoms with Crippen molar-refractivity contribution in [2.45, 2.75) is 33.2 Å². The van der Waals surface area contributed by atoms with Crippen LogP contribution in [-0.2, 0) is 16.0 Å². The number of hydrogen-bond donors (Lipinski definition) is 3. The van der Waals surface area contributed by atoms with Gasteiger partial charge in [0.1, 0.15) is 6.04 Å². The van der Waals surface area contributed by atoms with E-state index in [1.54, 1.807) is 0 Å². The summed E-state index contributed by atoms with van der Waals surface area (Å²) in [4.78, 5) is 22.6. The summed E-state index contributed by atoms with van der Waals surface area (Å²) in [6.45, 7) is 6.03. The van der Waals surface area contributed by atoms with E-state index >= 15 is 0 Å². The number of rotatable bonds is 5. The first-order valence-electron chi connectivity index (χ1n) is 9.15. The zero-order valence-corrected chi connectivity index (χ0v) is 16.1. The number of carboxylic acid groups (broad SMARTS) is 1. The van der Waals surface area contributed by atoms with Gasteiger partial charge >= 0.3 is 5.97 Å². The van der Waals surface area contributed by atoms with Gasteiger partial charge in [0.05, 0.1) is 0 Å². The van der Waals surface area contributed by atoms with E-state index in [4.69, 9.17) is 5.11 Å². The highest BCUT2D eigenvalue weighted by molar-refractivity contribution is 5.97. The van der Waals surface area contributed by atoms with Gasteiger partial charge in [0.2, 0.25) is 0 Å². The SMILES string of the molecule is Cc1cc(-c2ccc3c(c2)CCN3)c(C)cc1/C=C(/F)C(=O)N[C@H](C)C(=O)O. The second-order valence-corrected chi connectivity index (χ2v) is 7.10. The highest BCUT2D eigenvalue weighted by atomic mass is 19.1. The van der Waals surface area contributed by atoms with E-state index in [2.05, 4.69) is 28.8 Å². The van der Waals surface area contributed by atoms with Crippen molar-refractivity contribution in [2.24, 2.45) is 0 Å². The van der Waals surface area contributed by atoms with Gasteiger partial charge in [-0.3, -0.25) is 9.59 Å². The number of fused-ring (bicyclic) bond motifs is 1. The zero-order valence-electron chi connectivity index (χ0n) is 16.1. The maximum atomic E-state index is 14.2. The number of anilines is 1. The number of aliphatic carboxylic acids is 1. The Labute approximate surface area is 163 Å². The van der Waals surface area contributed by atoms with Gasteiger partial charge in [0, 0.05) is 12.2 Å². The van der Waals surface area contributed by atoms with Crippen LogP contribution in [0.4, 0.5) is 10.1 Å². The monoisotopic (exact) mass is 382 g/mol. The standard InChI is InChI=1S/C22H23FN2O3/c1-12-9-18(15-4-5-20-16(10-15)6-7-24-20)13(2)8-17(12)11-19(23)21(26)25-14(3)22(27)28/h4-5,8-11,14,24H,6-7H2,1-3H3,(H,25,26)(H,27,28)/b19-11+/t14-/m1/s1. The fraction of sp³-hybridized carbons (Fsp3) is 0.273. The molecule has 28 heavy (non-hydrogen) atoms. The van der Waals surface area contributed by atoms with Crippen molar-refractivity contribution >= 4 is 23.6 Å². The van der Waals surface area contributed by atoms with Crippen molar-refractivity contribution in [3.05, 3.63) is 58.4 Å². The molecule has 0 fully saturated rings. The Morgan fingerprint density at radius 3 is 2.68 bits per heavy atom. The lowest BCUT2D eigenvalue weighted by Crippen LogP contribution is -2.38. The number of hydrogen-bond acceptors (Lipinski definition) is 3. The lowest BCUT2D eigenvalue weighted by molar-refractivity contribution is -0.140. The number of carbonyl (C=O) groups is 2. The number of aryl methyl sites for hydroxylation is 2. The molecule has 0 aliphatic carbocycles. The fourth-order valence-corrected chi connectivity index (χ4v) is 3.31. The minimum Gasteiger partial charge on any atom is -0.480 e. The quantitative estimate of drug-likeness (QED) is 0.687. The molecule has 1 atom stereocenters. The van der Waals surface area contributed by atoms with Crippen LogP contribution >= 0.6 is 0 Å². The van der Waals surface area contributed by atoms with Crippen LogP contribution in [-0.4, -0.2) is 29.6 Å². The number of benzene rings is 2. The zero-order chi connectivity index (χ0) is 20.4. The summed E-state index contributed by atoms with van der Waals surface area (Å²) < 4.78 is 14.2. The van der Waals surface area contributed by atoms with Crippen LogP contribution < -0.4 is 10.6 Å². The number of halogens is 1. The van der Waals surface area contributed by atoms with Gasteiger partial charge < -0.3 is 15.7 Å². The van der Waals surface area contributed by atoms with E-state index in [9.17, 15) is 14.0 Å². The molecule has 0 aromatic heterocycles. The van der Waals surface area contributed by atoms with Crippen molar-refractivity contribution < 1.29 is 19.1 Å². The summed E-state index contributed by atoms with van der Waals surface area (Å²) in [6, 6.07) is 8.98. The molecule has 0 radical (unpaired) electrons. The fourth-order valence-electron chi connectivity index (χ4n) is 3.31. The highest BCUT2D eigenvalue weighted by Gasteiger charge is 2.18. The molecule has 3 N–H and O–H groups in total. The molecule has 1 amide bonds. The van der Waals surface area contributed by atoms with Crippen LogP contribution in [0.3, 0.4) is 0 Å². The van der Waals surface area contributed by atoms with Gasteiger partial charge in [-0.15, -0.1) is 0 Å². The summed E-state index contributed by atoms with van der Waals surface area (Å²) in [6.07, 6.45) is 2.14. The molecule has 3 rings (SSSR count). The lowest BCUT2D eigenvalue weighted by atomic mass is 9.93. The number of amides is 1. The maximum Gasteiger partial charge on any atom is 0.325 e. The minimum atomic E-state index is -1.22. The summed E-state index contributed by atoms with van der Waals surface area (Å²) >= 11 is 0. The van der Waals surface area contributed by atoms with Crippen LogP contribution in [0.2, 0.25) is 0 Å². The first kappa shape index (κ1) is 19.6. The molecule has 0 spiro atoms. The normalized spacial score (nSPS) is 14.2. The van der Waals surface area contributed by atoms with Crippen molar-refractivity contribution in [3.63, 3.8) is 0 Å². The molecule has 2 aromatic rings. The largest absolute Gasteiger partial charge is 0.480 e. The second-order valence-electron chi connectivity index (χ2n) is 7.10. The van der Waals surface area contributed by atoms with E-state index < -0.39 is 23.7 Å². The molecule has 0 saturated heterocycles. The number of carbonyl (C=O) groups excluding carboxylic acids is 1. The third-order valence-corrected chi connectivity index (χ3v) is 4.96. The maximum absolute atomic E-state index is 14.2. The molecular formula is C22H23FN2O3. The molecule has 0 saturated carbocycles.